The zero-order valence-electron chi connectivity index (χ0n) is 12.0. The molecule has 0 bridgehead atoms. The number of imide groups is 1. The summed E-state index contributed by atoms with van der Waals surface area (Å²) < 4.78 is 1.60. The van der Waals surface area contributed by atoms with E-state index >= 15 is 0 Å². The Labute approximate surface area is 126 Å². The molecule has 0 saturated heterocycles. The fourth-order valence-corrected chi connectivity index (χ4v) is 2.25. The van der Waals surface area contributed by atoms with E-state index in [4.69, 9.17) is 4.84 Å². The predicted octanol–water partition coefficient (Wildman–Crippen LogP) is 1.83. The monoisotopic (exact) mass is 299 g/mol. The summed E-state index contributed by atoms with van der Waals surface area (Å²) in [7, 11) is 0. The van der Waals surface area contributed by atoms with Crippen molar-refractivity contribution in [2.24, 2.45) is 0 Å². The molecule has 0 N–H and O–H groups in total. The van der Waals surface area contributed by atoms with Crippen molar-refractivity contribution >= 4 is 17.8 Å². The molecule has 3 rings (SSSR count). The molecule has 7 heteroatoms. The number of fused-ring (bicyclic) bond motifs is 1. The molecule has 1 aliphatic rings. The third kappa shape index (κ3) is 2.07. The second kappa shape index (κ2) is 5.10. The number of carbonyl (C=O) groups excluding carboxylic acids is 3. The highest BCUT2D eigenvalue weighted by atomic mass is 16.7. The molecule has 0 unspecified atom stereocenters. The van der Waals surface area contributed by atoms with Crippen LogP contribution in [0.15, 0.2) is 36.8 Å². The van der Waals surface area contributed by atoms with Crippen molar-refractivity contribution in [3.05, 3.63) is 53.6 Å². The molecule has 2 amide bonds. The van der Waals surface area contributed by atoms with Gasteiger partial charge in [0.2, 0.25) is 0 Å². The summed E-state index contributed by atoms with van der Waals surface area (Å²) in [5, 5.41) is 0.491. The molecule has 22 heavy (non-hydrogen) atoms. The average Bonchev–Trinajstić information content (AvgIpc) is 3.08. The largest absolute Gasteiger partial charge is 0.381 e. The molecule has 0 fully saturated rings. The fourth-order valence-electron chi connectivity index (χ4n) is 2.25. The summed E-state index contributed by atoms with van der Waals surface area (Å²) in [4.78, 5) is 45.4. The first-order valence-corrected chi connectivity index (χ1v) is 6.72. The first-order valence-electron chi connectivity index (χ1n) is 6.72. The van der Waals surface area contributed by atoms with E-state index in [0.29, 0.717) is 5.06 Å². The minimum Gasteiger partial charge on any atom is -0.323 e. The Bertz CT molecular complexity index is 744. The second-order valence-electron chi connectivity index (χ2n) is 5.11. The highest BCUT2D eigenvalue weighted by Crippen LogP contribution is 2.23. The molecule has 2 heterocycles. The topological polar surface area (TPSA) is 81.5 Å². The molecule has 0 saturated carbocycles. The van der Waals surface area contributed by atoms with E-state index in [-0.39, 0.29) is 22.9 Å². The lowest BCUT2D eigenvalue weighted by Gasteiger charge is -2.14. The smallest absolute Gasteiger partial charge is 0.323 e. The van der Waals surface area contributed by atoms with Crippen LogP contribution in [0, 0.1) is 0 Å². The Kier molecular flexibility index (Phi) is 3.25. The van der Waals surface area contributed by atoms with E-state index in [0.717, 1.165) is 0 Å². The summed E-state index contributed by atoms with van der Waals surface area (Å²) in [5.41, 5.74) is 0.613. The van der Waals surface area contributed by atoms with E-state index in [2.05, 4.69) is 4.98 Å². The molecule has 7 nitrogen and oxygen atoms in total. The van der Waals surface area contributed by atoms with Gasteiger partial charge in [0.1, 0.15) is 5.69 Å². The van der Waals surface area contributed by atoms with E-state index in [1.165, 1.54) is 24.7 Å². The minimum atomic E-state index is -0.805. The number of carbonyl (C=O) groups is 3. The van der Waals surface area contributed by atoms with Crippen molar-refractivity contribution in [1.82, 2.24) is 14.6 Å². The van der Waals surface area contributed by atoms with Gasteiger partial charge in [-0.15, -0.1) is 0 Å². The number of hydroxylamine groups is 2. The number of rotatable bonds is 3. The molecule has 0 radical (unpaired) electrons. The van der Waals surface area contributed by atoms with E-state index < -0.39 is 17.8 Å². The Morgan fingerprint density at radius 3 is 2.27 bits per heavy atom. The van der Waals surface area contributed by atoms with Gasteiger partial charge >= 0.3 is 5.97 Å². The number of imidazole rings is 1. The highest BCUT2D eigenvalue weighted by molar-refractivity contribution is 6.21. The van der Waals surface area contributed by atoms with Crippen molar-refractivity contribution < 1.29 is 19.2 Å². The number of aromatic nitrogens is 2. The summed E-state index contributed by atoms with van der Waals surface area (Å²) in [6, 6.07) is 6.31. The van der Waals surface area contributed by atoms with Crippen LogP contribution in [-0.2, 0) is 4.84 Å². The number of amides is 2. The lowest BCUT2D eigenvalue weighted by atomic mass is 10.1. The van der Waals surface area contributed by atoms with Crippen LogP contribution in [0.2, 0.25) is 0 Å². The zero-order valence-corrected chi connectivity index (χ0v) is 12.0. The quantitative estimate of drug-likeness (QED) is 0.808. The maximum absolute atomic E-state index is 12.2. The zero-order chi connectivity index (χ0) is 15.9. The second-order valence-corrected chi connectivity index (χ2v) is 5.11. The van der Waals surface area contributed by atoms with Crippen molar-refractivity contribution in [2.75, 3.05) is 0 Å². The summed E-state index contributed by atoms with van der Waals surface area (Å²) in [6.07, 6.45) is 2.82. The van der Waals surface area contributed by atoms with Crippen molar-refractivity contribution in [3.63, 3.8) is 0 Å². The SMILES string of the molecule is CC(C)n1cncc1C(=O)ON1C(=O)c2ccccc2C1=O. The van der Waals surface area contributed by atoms with Crippen molar-refractivity contribution in [2.45, 2.75) is 19.9 Å². The van der Waals surface area contributed by atoms with Gasteiger partial charge in [-0.1, -0.05) is 17.2 Å². The molecular formula is C15H13N3O4. The van der Waals surface area contributed by atoms with E-state index in [9.17, 15) is 14.4 Å². The van der Waals surface area contributed by atoms with Crippen LogP contribution < -0.4 is 0 Å². The van der Waals surface area contributed by atoms with Crippen LogP contribution in [0.4, 0.5) is 0 Å². The number of hydrogen-bond acceptors (Lipinski definition) is 5. The molecule has 0 spiro atoms. The van der Waals surface area contributed by atoms with Crippen LogP contribution in [0.5, 0.6) is 0 Å². The van der Waals surface area contributed by atoms with Gasteiger partial charge in [-0.2, -0.15) is 0 Å². The summed E-state index contributed by atoms with van der Waals surface area (Å²) in [5.74, 6) is -2.10. The van der Waals surface area contributed by atoms with E-state index in [1.807, 2.05) is 13.8 Å². The number of hydrogen-bond donors (Lipinski definition) is 0. The lowest BCUT2D eigenvalue weighted by Crippen LogP contribution is -2.33. The summed E-state index contributed by atoms with van der Waals surface area (Å²) in [6.45, 7) is 3.75. The van der Waals surface area contributed by atoms with Gasteiger partial charge in [0, 0.05) is 6.04 Å². The summed E-state index contributed by atoms with van der Waals surface area (Å²) >= 11 is 0. The third-order valence-electron chi connectivity index (χ3n) is 3.36. The van der Waals surface area contributed by atoms with E-state index in [1.54, 1.807) is 16.7 Å². The number of benzene rings is 1. The van der Waals surface area contributed by atoms with Crippen molar-refractivity contribution in [1.29, 1.82) is 0 Å². The number of nitrogens with zero attached hydrogens (tertiary/aromatic N) is 3. The van der Waals surface area contributed by atoms with Crippen LogP contribution in [0.1, 0.15) is 51.1 Å². The fraction of sp³-hybridized carbons (Fsp3) is 0.200. The van der Waals surface area contributed by atoms with Gasteiger partial charge in [-0.3, -0.25) is 9.59 Å². The van der Waals surface area contributed by atoms with Gasteiger partial charge in [0.05, 0.1) is 23.7 Å². The molecule has 0 aliphatic carbocycles. The van der Waals surface area contributed by atoms with Crippen LogP contribution in [0.3, 0.4) is 0 Å². The van der Waals surface area contributed by atoms with Gasteiger partial charge in [-0.25, -0.2) is 9.78 Å². The molecule has 2 aromatic rings. The molecule has 0 atom stereocenters. The normalized spacial score (nSPS) is 13.7. The Balaban J connectivity index is 1.86. The molecule has 1 aromatic carbocycles. The highest BCUT2D eigenvalue weighted by Gasteiger charge is 2.39. The van der Waals surface area contributed by atoms with Gasteiger partial charge < -0.3 is 9.40 Å². The standard InChI is InChI=1S/C15H13N3O4/c1-9(2)17-8-16-7-12(17)15(21)22-18-13(19)10-5-3-4-6-11(10)14(18)20/h3-9H,1-2H3. The van der Waals surface area contributed by atoms with Crippen molar-refractivity contribution in [3.8, 4) is 0 Å². The Hall–Kier alpha value is -2.96. The molecule has 1 aliphatic heterocycles. The lowest BCUT2D eigenvalue weighted by molar-refractivity contribution is -0.0592. The first-order chi connectivity index (χ1) is 10.5. The minimum absolute atomic E-state index is 0.00720. The predicted molar refractivity (Wildman–Crippen MR) is 75.0 cm³/mol. The Morgan fingerprint density at radius 1 is 1.14 bits per heavy atom. The van der Waals surface area contributed by atoms with Gasteiger partial charge in [0.15, 0.2) is 0 Å². The van der Waals surface area contributed by atoms with Crippen LogP contribution in [-0.4, -0.2) is 32.4 Å². The first kappa shape index (κ1) is 14.0. The van der Waals surface area contributed by atoms with Crippen LogP contribution in [0.25, 0.3) is 0 Å². The Morgan fingerprint density at radius 2 is 1.73 bits per heavy atom. The average molecular weight is 299 g/mol. The molecular weight excluding hydrogens is 286 g/mol. The van der Waals surface area contributed by atoms with Gasteiger partial charge in [-0.05, 0) is 26.0 Å². The molecule has 1 aromatic heterocycles. The maximum Gasteiger partial charge on any atom is 0.381 e. The van der Waals surface area contributed by atoms with Crippen LogP contribution >= 0.6 is 0 Å². The molecule has 112 valence electrons. The third-order valence-corrected chi connectivity index (χ3v) is 3.36. The van der Waals surface area contributed by atoms with Gasteiger partial charge in [0.25, 0.3) is 11.8 Å². The maximum atomic E-state index is 12.2.